The van der Waals surface area contributed by atoms with Crippen molar-refractivity contribution in [2.75, 3.05) is 6.54 Å². The van der Waals surface area contributed by atoms with Crippen LogP contribution in [0.15, 0.2) is 24.3 Å². The van der Waals surface area contributed by atoms with Crippen molar-refractivity contribution in [3.8, 4) is 0 Å². The zero-order chi connectivity index (χ0) is 9.26. The van der Waals surface area contributed by atoms with E-state index in [1.807, 2.05) is 12.1 Å². The minimum absolute atomic E-state index is 0.605. The van der Waals surface area contributed by atoms with Gasteiger partial charge >= 0.3 is 0 Å². The molecule has 2 N–H and O–H groups in total. The third-order valence-corrected chi connectivity index (χ3v) is 2.68. The molecule has 13 heavy (non-hydrogen) atoms. The van der Waals surface area contributed by atoms with Gasteiger partial charge in [0.2, 0.25) is 0 Å². The zero-order valence-electron chi connectivity index (χ0n) is 7.39. The summed E-state index contributed by atoms with van der Waals surface area (Å²) in [6, 6.07) is 6.05. The summed E-state index contributed by atoms with van der Waals surface area (Å²) in [6.45, 7) is 0.605. The average molecular weight is 194 g/mol. The Morgan fingerprint density at radius 1 is 1.38 bits per heavy atom. The molecule has 1 nitrogen and oxygen atoms in total. The highest BCUT2D eigenvalue weighted by molar-refractivity contribution is 6.30. The van der Waals surface area contributed by atoms with Crippen LogP contribution in [0, 0.1) is 0 Å². The molecule has 0 radical (unpaired) electrons. The molecule has 0 aliphatic heterocycles. The zero-order valence-corrected chi connectivity index (χ0v) is 8.14. The summed E-state index contributed by atoms with van der Waals surface area (Å²) in [4.78, 5) is 0. The lowest BCUT2D eigenvalue weighted by atomic mass is 9.91. The first-order valence-electron chi connectivity index (χ1n) is 4.49. The van der Waals surface area contributed by atoms with Gasteiger partial charge in [0, 0.05) is 11.6 Å². The Morgan fingerprint density at radius 3 is 3.00 bits per heavy atom. The molecule has 1 aliphatic carbocycles. The number of hydrogen-bond donors (Lipinski definition) is 1. The van der Waals surface area contributed by atoms with Gasteiger partial charge in [0.1, 0.15) is 0 Å². The maximum absolute atomic E-state index is 5.93. The molecule has 0 fully saturated rings. The van der Waals surface area contributed by atoms with Crippen molar-refractivity contribution < 1.29 is 0 Å². The van der Waals surface area contributed by atoms with E-state index in [4.69, 9.17) is 17.3 Å². The van der Waals surface area contributed by atoms with Crippen LogP contribution in [0.3, 0.4) is 0 Å². The molecule has 68 valence electrons. The van der Waals surface area contributed by atoms with E-state index in [0.717, 1.165) is 17.9 Å². The third-order valence-electron chi connectivity index (χ3n) is 2.44. The average Bonchev–Trinajstić information content (AvgIpc) is 2.17. The number of allylic oxidation sites excluding steroid dienone is 1. The summed E-state index contributed by atoms with van der Waals surface area (Å²) in [5, 5.41) is 0.792. The van der Waals surface area contributed by atoms with Gasteiger partial charge in [-0.05, 0) is 41.7 Å². The van der Waals surface area contributed by atoms with Gasteiger partial charge in [-0.3, -0.25) is 0 Å². The van der Waals surface area contributed by atoms with Gasteiger partial charge in [-0.25, -0.2) is 0 Å². The van der Waals surface area contributed by atoms with Crippen LogP contribution in [0.5, 0.6) is 0 Å². The van der Waals surface area contributed by atoms with Crippen LogP contribution < -0.4 is 5.73 Å². The van der Waals surface area contributed by atoms with Gasteiger partial charge in [0.15, 0.2) is 0 Å². The van der Waals surface area contributed by atoms with Gasteiger partial charge in [-0.2, -0.15) is 0 Å². The number of hydrogen-bond acceptors (Lipinski definition) is 1. The summed E-state index contributed by atoms with van der Waals surface area (Å²) in [5.41, 5.74) is 9.49. The van der Waals surface area contributed by atoms with E-state index < -0.39 is 0 Å². The van der Waals surface area contributed by atoms with Crippen molar-refractivity contribution in [3.05, 3.63) is 40.4 Å². The molecule has 0 heterocycles. The van der Waals surface area contributed by atoms with Crippen LogP contribution in [0.25, 0.3) is 5.57 Å². The standard InChI is InChI=1S/C11H12ClN/c12-10-5-4-8-2-1-3-9(7-13)11(8)6-10/h3-6H,1-2,7,13H2. The molecule has 0 saturated carbocycles. The van der Waals surface area contributed by atoms with Gasteiger partial charge < -0.3 is 5.73 Å². The third kappa shape index (κ3) is 1.62. The highest BCUT2D eigenvalue weighted by Gasteiger charge is 2.10. The predicted octanol–water partition coefficient (Wildman–Crippen LogP) is 2.63. The molecule has 0 bridgehead atoms. The van der Waals surface area contributed by atoms with E-state index in [1.54, 1.807) is 0 Å². The molecule has 1 aromatic rings. The molecule has 0 spiro atoms. The predicted molar refractivity (Wildman–Crippen MR) is 56.8 cm³/mol. The van der Waals surface area contributed by atoms with Gasteiger partial charge in [0.05, 0.1) is 0 Å². The fraction of sp³-hybridized carbons (Fsp3) is 0.273. The Balaban J connectivity index is 2.51. The first-order chi connectivity index (χ1) is 6.31. The molecule has 0 amide bonds. The van der Waals surface area contributed by atoms with Gasteiger partial charge in [-0.1, -0.05) is 23.7 Å². The summed E-state index contributed by atoms with van der Waals surface area (Å²) in [5.74, 6) is 0. The first-order valence-corrected chi connectivity index (χ1v) is 4.87. The van der Waals surface area contributed by atoms with Crippen LogP contribution >= 0.6 is 11.6 Å². The lowest BCUT2D eigenvalue weighted by Gasteiger charge is -2.16. The van der Waals surface area contributed by atoms with Crippen molar-refractivity contribution in [3.63, 3.8) is 0 Å². The Kier molecular flexibility index (Phi) is 2.38. The van der Waals surface area contributed by atoms with E-state index in [9.17, 15) is 0 Å². The van der Waals surface area contributed by atoms with Crippen molar-refractivity contribution >= 4 is 17.2 Å². The molecule has 0 aromatic heterocycles. The first kappa shape index (κ1) is 8.79. The molecule has 0 saturated heterocycles. The Morgan fingerprint density at radius 2 is 2.23 bits per heavy atom. The maximum Gasteiger partial charge on any atom is 0.0412 e. The highest BCUT2D eigenvalue weighted by Crippen LogP contribution is 2.27. The monoisotopic (exact) mass is 193 g/mol. The largest absolute Gasteiger partial charge is 0.326 e. The SMILES string of the molecule is NCC1=CCCc2ccc(Cl)cc21. The maximum atomic E-state index is 5.93. The van der Waals surface area contributed by atoms with Crippen molar-refractivity contribution in [2.45, 2.75) is 12.8 Å². The summed E-state index contributed by atoms with van der Waals surface area (Å²) in [6.07, 6.45) is 4.41. The van der Waals surface area contributed by atoms with Gasteiger partial charge in [-0.15, -0.1) is 0 Å². The van der Waals surface area contributed by atoms with Crippen molar-refractivity contribution in [1.82, 2.24) is 0 Å². The number of fused-ring (bicyclic) bond motifs is 1. The molecule has 1 aromatic carbocycles. The van der Waals surface area contributed by atoms with Crippen molar-refractivity contribution in [1.29, 1.82) is 0 Å². The summed E-state index contributed by atoms with van der Waals surface area (Å²) in [7, 11) is 0. The lowest BCUT2D eigenvalue weighted by molar-refractivity contribution is 0.967. The van der Waals surface area contributed by atoms with Crippen LogP contribution in [0.2, 0.25) is 5.02 Å². The lowest BCUT2D eigenvalue weighted by Crippen LogP contribution is -2.08. The topological polar surface area (TPSA) is 26.0 Å². The Bertz CT molecular complexity index is 355. The van der Waals surface area contributed by atoms with Gasteiger partial charge in [0.25, 0.3) is 0 Å². The van der Waals surface area contributed by atoms with E-state index in [1.165, 1.54) is 16.7 Å². The molecule has 2 rings (SSSR count). The fourth-order valence-corrected chi connectivity index (χ4v) is 1.94. The van der Waals surface area contributed by atoms with E-state index >= 15 is 0 Å². The summed E-state index contributed by atoms with van der Waals surface area (Å²) >= 11 is 5.93. The number of benzene rings is 1. The number of nitrogens with two attached hydrogens (primary N) is 1. The number of aryl methyl sites for hydroxylation is 1. The Hall–Kier alpha value is -0.790. The van der Waals surface area contributed by atoms with Crippen LogP contribution in [-0.4, -0.2) is 6.54 Å². The minimum atomic E-state index is 0.605. The van der Waals surface area contributed by atoms with E-state index in [2.05, 4.69) is 12.1 Å². The minimum Gasteiger partial charge on any atom is -0.326 e. The Labute approximate surface area is 83.2 Å². The highest BCUT2D eigenvalue weighted by atomic mass is 35.5. The molecule has 1 aliphatic rings. The molecule has 0 unspecified atom stereocenters. The second-order valence-corrected chi connectivity index (χ2v) is 3.71. The number of halogens is 1. The van der Waals surface area contributed by atoms with Crippen LogP contribution in [0.1, 0.15) is 17.5 Å². The fourth-order valence-electron chi connectivity index (χ4n) is 1.77. The molecular formula is C11H12ClN. The summed E-state index contributed by atoms with van der Waals surface area (Å²) < 4.78 is 0. The van der Waals surface area contributed by atoms with Crippen LogP contribution in [-0.2, 0) is 6.42 Å². The van der Waals surface area contributed by atoms with E-state index in [0.29, 0.717) is 6.54 Å². The number of rotatable bonds is 1. The van der Waals surface area contributed by atoms with E-state index in [-0.39, 0.29) is 0 Å². The second-order valence-electron chi connectivity index (χ2n) is 3.27. The molecule has 0 atom stereocenters. The second kappa shape index (κ2) is 3.52. The smallest absolute Gasteiger partial charge is 0.0412 e. The quantitative estimate of drug-likeness (QED) is 0.729. The molecule has 2 heteroatoms. The molecular weight excluding hydrogens is 182 g/mol. The van der Waals surface area contributed by atoms with Crippen LogP contribution in [0.4, 0.5) is 0 Å². The van der Waals surface area contributed by atoms with Crippen molar-refractivity contribution in [2.24, 2.45) is 5.73 Å². The normalized spacial score (nSPS) is 15.1.